The van der Waals surface area contributed by atoms with Crippen molar-refractivity contribution in [3.63, 3.8) is 0 Å². The van der Waals surface area contributed by atoms with Gasteiger partial charge in [0.1, 0.15) is 0 Å². The Hall–Kier alpha value is -1.04. The second-order valence-corrected chi connectivity index (χ2v) is 4.32. The van der Waals surface area contributed by atoms with E-state index in [4.69, 9.17) is 0 Å². The standard InChI is InChI=1S/C14H18/c1-12(11-13-7-5-6-8-13)14-9-3-2-4-10-14/h2-4,9-10,13H,1,5-8,11H2. The van der Waals surface area contributed by atoms with E-state index in [1.54, 1.807) is 0 Å². The van der Waals surface area contributed by atoms with Crippen LogP contribution in [0.4, 0.5) is 0 Å². The first-order valence-electron chi connectivity index (χ1n) is 5.59. The van der Waals surface area contributed by atoms with Gasteiger partial charge in [0.25, 0.3) is 0 Å². The molecule has 1 saturated carbocycles. The molecule has 0 spiro atoms. The van der Waals surface area contributed by atoms with Gasteiger partial charge in [-0.2, -0.15) is 0 Å². The molecule has 0 atom stereocenters. The average molecular weight is 186 g/mol. The van der Waals surface area contributed by atoms with Gasteiger partial charge in [-0.1, -0.05) is 62.6 Å². The molecule has 1 aliphatic rings. The lowest BCUT2D eigenvalue weighted by molar-refractivity contribution is 0.566. The molecular weight excluding hydrogens is 168 g/mol. The second-order valence-electron chi connectivity index (χ2n) is 4.32. The molecule has 0 amide bonds. The highest BCUT2D eigenvalue weighted by atomic mass is 14.2. The smallest absolute Gasteiger partial charge is 0.0230 e. The van der Waals surface area contributed by atoms with Gasteiger partial charge in [0.2, 0.25) is 0 Å². The minimum Gasteiger partial charge on any atom is -0.0952 e. The van der Waals surface area contributed by atoms with Crippen molar-refractivity contribution in [1.29, 1.82) is 0 Å². The molecule has 2 rings (SSSR count). The van der Waals surface area contributed by atoms with Crippen LogP contribution < -0.4 is 0 Å². The first-order valence-corrected chi connectivity index (χ1v) is 5.59. The zero-order chi connectivity index (χ0) is 9.80. The molecule has 1 aromatic rings. The number of rotatable bonds is 3. The molecule has 1 fully saturated rings. The Bertz CT molecular complexity index is 291. The van der Waals surface area contributed by atoms with Crippen molar-refractivity contribution in [2.24, 2.45) is 5.92 Å². The molecule has 0 bridgehead atoms. The van der Waals surface area contributed by atoms with Crippen LogP contribution in [-0.4, -0.2) is 0 Å². The van der Waals surface area contributed by atoms with Crippen molar-refractivity contribution >= 4 is 5.57 Å². The molecule has 0 nitrogen and oxygen atoms in total. The third-order valence-corrected chi connectivity index (χ3v) is 3.19. The van der Waals surface area contributed by atoms with E-state index in [9.17, 15) is 0 Å². The maximum Gasteiger partial charge on any atom is -0.0230 e. The second kappa shape index (κ2) is 4.45. The largest absolute Gasteiger partial charge is 0.0952 e. The van der Waals surface area contributed by atoms with Crippen LogP contribution in [0.2, 0.25) is 0 Å². The molecule has 1 aliphatic carbocycles. The molecule has 14 heavy (non-hydrogen) atoms. The fraction of sp³-hybridized carbons (Fsp3) is 0.429. The summed E-state index contributed by atoms with van der Waals surface area (Å²) in [5, 5.41) is 0. The van der Waals surface area contributed by atoms with Gasteiger partial charge >= 0.3 is 0 Å². The number of allylic oxidation sites excluding steroid dienone is 1. The van der Waals surface area contributed by atoms with E-state index in [1.807, 2.05) is 0 Å². The van der Waals surface area contributed by atoms with Crippen molar-refractivity contribution in [2.75, 3.05) is 0 Å². The van der Waals surface area contributed by atoms with Crippen LogP contribution in [0.5, 0.6) is 0 Å². The topological polar surface area (TPSA) is 0 Å². The first-order chi connectivity index (χ1) is 6.86. The van der Waals surface area contributed by atoms with Crippen LogP contribution >= 0.6 is 0 Å². The zero-order valence-corrected chi connectivity index (χ0v) is 8.71. The predicted molar refractivity (Wildman–Crippen MR) is 62.1 cm³/mol. The lowest BCUT2D eigenvalue weighted by Gasteiger charge is -2.11. The quantitative estimate of drug-likeness (QED) is 0.661. The predicted octanol–water partition coefficient (Wildman–Crippen LogP) is 4.28. The van der Waals surface area contributed by atoms with Gasteiger partial charge in [-0.3, -0.25) is 0 Å². The minimum absolute atomic E-state index is 0.905. The Balaban J connectivity index is 1.95. The van der Waals surface area contributed by atoms with Crippen LogP contribution in [-0.2, 0) is 0 Å². The Morgan fingerprint density at radius 2 is 1.79 bits per heavy atom. The van der Waals surface area contributed by atoms with Crippen molar-refractivity contribution in [3.8, 4) is 0 Å². The van der Waals surface area contributed by atoms with Gasteiger partial charge in [0.15, 0.2) is 0 Å². The van der Waals surface area contributed by atoms with Gasteiger partial charge in [0, 0.05) is 0 Å². The Morgan fingerprint density at radius 1 is 1.14 bits per heavy atom. The van der Waals surface area contributed by atoms with E-state index in [0.29, 0.717) is 0 Å². The molecule has 0 unspecified atom stereocenters. The molecule has 0 heterocycles. The van der Waals surface area contributed by atoms with Crippen LogP contribution in [0.1, 0.15) is 37.7 Å². The summed E-state index contributed by atoms with van der Waals surface area (Å²) in [6.45, 7) is 4.19. The third kappa shape index (κ3) is 2.25. The summed E-state index contributed by atoms with van der Waals surface area (Å²) in [7, 11) is 0. The lowest BCUT2D eigenvalue weighted by atomic mass is 9.94. The highest BCUT2D eigenvalue weighted by molar-refractivity contribution is 5.63. The molecule has 0 saturated heterocycles. The summed E-state index contributed by atoms with van der Waals surface area (Å²) in [6, 6.07) is 10.6. The van der Waals surface area contributed by atoms with E-state index in [-0.39, 0.29) is 0 Å². The van der Waals surface area contributed by atoms with Gasteiger partial charge in [-0.05, 0) is 23.5 Å². The van der Waals surface area contributed by atoms with Crippen LogP contribution in [0.3, 0.4) is 0 Å². The fourth-order valence-corrected chi connectivity index (χ4v) is 2.35. The first kappa shape index (κ1) is 9.51. The molecule has 0 radical (unpaired) electrons. The summed E-state index contributed by atoms with van der Waals surface area (Å²) in [5.41, 5.74) is 2.64. The van der Waals surface area contributed by atoms with Crippen molar-refractivity contribution in [3.05, 3.63) is 42.5 Å². The van der Waals surface area contributed by atoms with Gasteiger partial charge in [-0.15, -0.1) is 0 Å². The fourth-order valence-electron chi connectivity index (χ4n) is 2.35. The van der Waals surface area contributed by atoms with Crippen molar-refractivity contribution < 1.29 is 0 Å². The number of benzene rings is 1. The van der Waals surface area contributed by atoms with E-state index >= 15 is 0 Å². The molecular formula is C14H18. The Kier molecular flexibility index (Phi) is 3.03. The van der Waals surface area contributed by atoms with Crippen LogP contribution in [0.15, 0.2) is 36.9 Å². The SMILES string of the molecule is C=C(CC1CCCC1)c1ccccc1. The molecule has 1 aromatic carbocycles. The normalized spacial score (nSPS) is 17.1. The molecule has 0 heteroatoms. The van der Waals surface area contributed by atoms with E-state index in [0.717, 1.165) is 5.92 Å². The highest BCUT2D eigenvalue weighted by Crippen LogP contribution is 2.32. The monoisotopic (exact) mass is 186 g/mol. The van der Waals surface area contributed by atoms with Crippen molar-refractivity contribution in [1.82, 2.24) is 0 Å². The minimum atomic E-state index is 0.905. The van der Waals surface area contributed by atoms with Crippen LogP contribution in [0.25, 0.3) is 5.57 Å². The van der Waals surface area contributed by atoms with E-state index in [2.05, 4.69) is 36.9 Å². The van der Waals surface area contributed by atoms with Gasteiger partial charge in [-0.25, -0.2) is 0 Å². The molecule has 74 valence electrons. The average Bonchev–Trinajstić information content (AvgIpc) is 2.72. The molecule has 0 N–H and O–H groups in total. The van der Waals surface area contributed by atoms with Gasteiger partial charge in [0.05, 0.1) is 0 Å². The summed E-state index contributed by atoms with van der Waals surface area (Å²) < 4.78 is 0. The highest BCUT2D eigenvalue weighted by Gasteiger charge is 2.15. The zero-order valence-electron chi connectivity index (χ0n) is 8.71. The summed E-state index contributed by atoms with van der Waals surface area (Å²) >= 11 is 0. The Labute approximate surface area is 86.7 Å². The van der Waals surface area contributed by atoms with E-state index in [1.165, 1.54) is 43.2 Å². The summed E-state index contributed by atoms with van der Waals surface area (Å²) in [6.07, 6.45) is 6.86. The summed E-state index contributed by atoms with van der Waals surface area (Å²) in [5.74, 6) is 0.905. The maximum absolute atomic E-state index is 4.19. The third-order valence-electron chi connectivity index (χ3n) is 3.19. The van der Waals surface area contributed by atoms with Crippen molar-refractivity contribution in [2.45, 2.75) is 32.1 Å². The number of hydrogen-bond donors (Lipinski definition) is 0. The number of hydrogen-bond acceptors (Lipinski definition) is 0. The van der Waals surface area contributed by atoms with Crippen LogP contribution in [0, 0.1) is 5.92 Å². The molecule has 0 aromatic heterocycles. The van der Waals surface area contributed by atoms with Gasteiger partial charge < -0.3 is 0 Å². The maximum atomic E-state index is 4.19. The van der Waals surface area contributed by atoms with E-state index < -0.39 is 0 Å². The molecule has 0 aliphatic heterocycles. The lowest BCUT2D eigenvalue weighted by Crippen LogP contribution is -1.94. The summed E-state index contributed by atoms with van der Waals surface area (Å²) in [4.78, 5) is 0. The Morgan fingerprint density at radius 3 is 2.43 bits per heavy atom.